The number of hydrogen-bond donors (Lipinski definition) is 1. The minimum Gasteiger partial charge on any atom is -0.496 e. The third-order valence-corrected chi connectivity index (χ3v) is 4.02. The first-order valence-corrected chi connectivity index (χ1v) is 7.25. The molecule has 0 amide bonds. The average molecular weight is 335 g/mol. The van der Waals surface area contributed by atoms with Crippen molar-refractivity contribution < 1.29 is 14.6 Å². The summed E-state index contributed by atoms with van der Waals surface area (Å²) in [7, 11) is 1.64. The second-order valence-corrected chi connectivity index (χ2v) is 5.70. The zero-order chi connectivity index (χ0) is 14.1. The van der Waals surface area contributed by atoms with E-state index in [0.717, 1.165) is 27.1 Å². The molecular formula is C16H15BrO3. The standard InChI is InChI=1S/C16H15BrO3/c1-19-14-7-6-10(17)8-12(14)16-9-13(18)11-4-2-3-5-15(11)20-16/h2-8,13,16,18H,9H2,1H3. The van der Waals surface area contributed by atoms with Gasteiger partial charge in [-0.2, -0.15) is 0 Å². The fraction of sp³-hybridized carbons (Fsp3) is 0.250. The zero-order valence-electron chi connectivity index (χ0n) is 11.0. The van der Waals surface area contributed by atoms with E-state index < -0.39 is 6.10 Å². The molecule has 0 bridgehead atoms. The Kier molecular flexibility index (Phi) is 3.68. The molecule has 0 aromatic heterocycles. The van der Waals surface area contributed by atoms with Gasteiger partial charge in [-0.25, -0.2) is 0 Å². The van der Waals surface area contributed by atoms with Crippen LogP contribution in [-0.2, 0) is 0 Å². The molecule has 20 heavy (non-hydrogen) atoms. The van der Waals surface area contributed by atoms with Crippen molar-refractivity contribution in [2.75, 3.05) is 7.11 Å². The van der Waals surface area contributed by atoms with Gasteiger partial charge >= 0.3 is 0 Å². The van der Waals surface area contributed by atoms with Crippen LogP contribution in [0.2, 0.25) is 0 Å². The normalized spacial score (nSPS) is 20.9. The Morgan fingerprint density at radius 1 is 1.20 bits per heavy atom. The number of rotatable bonds is 2. The van der Waals surface area contributed by atoms with E-state index >= 15 is 0 Å². The molecule has 0 radical (unpaired) electrons. The maximum atomic E-state index is 10.3. The van der Waals surface area contributed by atoms with Crippen molar-refractivity contribution in [3.63, 3.8) is 0 Å². The number of ether oxygens (including phenoxy) is 2. The van der Waals surface area contributed by atoms with Gasteiger partial charge in [-0.1, -0.05) is 34.1 Å². The first-order valence-electron chi connectivity index (χ1n) is 6.46. The highest BCUT2D eigenvalue weighted by atomic mass is 79.9. The first-order chi connectivity index (χ1) is 9.69. The molecule has 0 aliphatic carbocycles. The highest BCUT2D eigenvalue weighted by Gasteiger charge is 2.29. The van der Waals surface area contributed by atoms with Gasteiger partial charge in [0.05, 0.1) is 13.2 Å². The van der Waals surface area contributed by atoms with E-state index in [-0.39, 0.29) is 6.10 Å². The van der Waals surface area contributed by atoms with Gasteiger partial charge in [0.15, 0.2) is 0 Å². The zero-order valence-corrected chi connectivity index (χ0v) is 12.6. The molecule has 0 fully saturated rings. The third kappa shape index (κ3) is 2.41. The van der Waals surface area contributed by atoms with E-state index in [2.05, 4.69) is 15.9 Å². The summed E-state index contributed by atoms with van der Waals surface area (Å²) in [5, 5.41) is 10.3. The van der Waals surface area contributed by atoms with Crippen LogP contribution in [0.15, 0.2) is 46.9 Å². The predicted molar refractivity (Wildman–Crippen MR) is 80.1 cm³/mol. The number of para-hydroxylation sites is 1. The summed E-state index contributed by atoms with van der Waals surface area (Å²) in [6.45, 7) is 0. The molecule has 104 valence electrons. The Labute approximate surface area is 126 Å². The van der Waals surface area contributed by atoms with Crippen LogP contribution in [0.25, 0.3) is 0 Å². The lowest BCUT2D eigenvalue weighted by atomic mass is 9.94. The molecule has 1 N–H and O–H groups in total. The van der Waals surface area contributed by atoms with Crippen molar-refractivity contribution >= 4 is 15.9 Å². The molecular weight excluding hydrogens is 320 g/mol. The van der Waals surface area contributed by atoms with E-state index in [0.29, 0.717) is 6.42 Å². The van der Waals surface area contributed by atoms with Crippen molar-refractivity contribution in [2.24, 2.45) is 0 Å². The summed E-state index contributed by atoms with van der Waals surface area (Å²) in [6, 6.07) is 13.4. The lowest BCUT2D eigenvalue weighted by molar-refractivity contribution is 0.0645. The molecule has 1 aliphatic rings. The number of aliphatic hydroxyl groups excluding tert-OH is 1. The molecule has 2 aromatic carbocycles. The van der Waals surface area contributed by atoms with E-state index in [9.17, 15) is 5.11 Å². The average Bonchev–Trinajstić information content (AvgIpc) is 2.47. The summed E-state index contributed by atoms with van der Waals surface area (Å²) in [4.78, 5) is 0. The fourth-order valence-electron chi connectivity index (χ4n) is 2.54. The summed E-state index contributed by atoms with van der Waals surface area (Å²) >= 11 is 3.47. The smallest absolute Gasteiger partial charge is 0.130 e. The minimum atomic E-state index is -0.520. The number of benzene rings is 2. The van der Waals surface area contributed by atoms with Crippen LogP contribution in [0.1, 0.15) is 29.8 Å². The summed E-state index contributed by atoms with van der Waals surface area (Å²) in [5.74, 6) is 1.50. The van der Waals surface area contributed by atoms with Gasteiger partial charge in [0.25, 0.3) is 0 Å². The molecule has 0 spiro atoms. The molecule has 2 aromatic rings. The fourth-order valence-corrected chi connectivity index (χ4v) is 2.92. The lowest BCUT2D eigenvalue weighted by Gasteiger charge is -2.30. The Bertz CT molecular complexity index is 627. The second kappa shape index (κ2) is 5.46. The molecule has 3 nitrogen and oxygen atoms in total. The van der Waals surface area contributed by atoms with Crippen molar-refractivity contribution in [2.45, 2.75) is 18.6 Å². The van der Waals surface area contributed by atoms with E-state index in [1.165, 1.54) is 0 Å². The van der Waals surface area contributed by atoms with Crippen LogP contribution >= 0.6 is 15.9 Å². The van der Waals surface area contributed by atoms with Crippen LogP contribution in [0.4, 0.5) is 0 Å². The maximum Gasteiger partial charge on any atom is 0.130 e. The minimum absolute atomic E-state index is 0.215. The van der Waals surface area contributed by atoms with Crippen LogP contribution in [-0.4, -0.2) is 12.2 Å². The van der Waals surface area contributed by atoms with Crippen LogP contribution in [0, 0.1) is 0 Å². The number of aliphatic hydroxyl groups is 1. The van der Waals surface area contributed by atoms with Crippen molar-refractivity contribution in [1.29, 1.82) is 0 Å². The van der Waals surface area contributed by atoms with Gasteiger partial charge in [-0.05, 0) is 24.3 Å². The molecule has 0 saturated carbocycles. The summed E-state index contributed by atoms with van der Waals surface area (Å²) in [5.41, 5.74) is 1.79. The Hall–Kier alpha value is -1.52. The van der Waals surface area contributed by atoms with Gasteiger partial charge < -0.3 is 14.6 Å². The first kappa shape index (κ1) is 13.5. The molecule has 2 atom stereocenters. The maximum absolute atomic E-state index is 10.3. The quantitative estimate of drug-likeness (QED) is 0.901. The number of fused-ring (bicyclic) bond motifs is 1. The Balaban J connectivity index is 1.99. The molecule has 1 heterocycles. The summed E-state index contributed by atoms with van der Waals surface area (Å²) < 4.78 is 12.4. The molecule has 1 aliphatic heterocycles. The van der Waals surface area contributed by atoms with Crippen LogP contribution in [0.3, 0.4) is 0 Å². The van der Waals surface area contributed by atoms with Gasteiger partial charge in [0.1, 0.15) is 17.6 Å². The van der Waals surface area contributed by atoms with E-state index in [1.807, 2.05) is 42.5 Å². The highest BCUT2D eigenvalue weighted by molar-refractivity contribution is 9.10. The monoisotopic (exact) mass is 334 g/mol. The molecule has 4 heteroatoms. The highest BCUT2D eigenvalue weighted by Crippen LogP contribution is 2.43. The SMILES string of the molecule is COc1ccc(Br)cc1C1CC(O)c2ccccc2O1. The molecule has 2 unspecified atom stereocenters. The number of hydrogen-bond acceptors (Lipinski definition) is 3. The van der Waals surface area contributed by atoms with Crippen molar-refractivity contribution in [3.05, 3.63) is 58.1 Å². The number of halogens is 1. The largest absolute Gasteiger partial charge is 0.496 e. The van der Waals surface area contributed by atoms with Crippen molar-refractivity contribution in [1.82, 2.24) is 0 Å². The molecule has 0 saturated heterocycles. The van der Waals surface area contributed by atoms with E-state index in [4.69, 9.17) is 9.47 Å². The van der Waals surface area contributed by atoms with Crippen LogP contribution in [0.5, 0.6) is 11.5 Å². The number of methoxy groups -OCH3 is 1. The van der Waals surface area contributed by atoms with Crippen molar-refractivity contribution in [3.8, 4) is 11.5 Å². The topological polar surface area (TPSA) is 38.7 Å². The summed E-state index contributed by atoms with van der Waals surface area (Å²) in [6.07, 6.45) is -0.218. The van der Waals surface area contributed by atoms with Crippen LogP contribution < -0.4 is 9.47 Å². The van der Waals surface area contributed by atoms with Gasteiger partial charge in [-0.3, -0.25) is 0 Å². The Morgan fingerprint density at radius 3 is 2.80 bits per heavy atom. The van der Waals surface area contributed by atoms with Gasteiger partial charge in [-0.15, -0.1) is 0 Å². The molecule has 3 rings (SSSR count). The predicted octanol–water partition coefficient (Wildman–Crippen LogP) is 4.01. The van der Waals surface area contributed by atoms with E-state index in [1.54, 1.807) is 7.11 Å². The third-order valence-electron chi connectivity index (χ3n) is 3.52. The second-order valence-electron chi connectivity index (χ2n) is 4.78. The lowest BCUT2D eigenvalue weighted by Crippen LogP contribution is -2.19. The Morgan fingerprint density at radius 2 is 2.00 bits per heavy atom. The van der Waals surface area contributed by atoms with Gasteiger partial charge in [0.2, 0.25) is 0 Å². The van der Waals surface area contributed by atoms with Gasteiger partial charge in [0, 0.05) is 22.0 Å².